The zero-order valence-corrected chi connectivity index (χ0v) is 10.6. The summed E-state index contributed by atoms with van der Waals surface area (Å²) in [6.45, 7) is 8.01. The number of aliphatic hydroxyl groups is 1. The maximum atomic E-state index is 9.38. The number of hydrogen-bond donors (Lipinski definition) is 1. The Hall–Kier alpha value is -1.28. The second kappa shape index (κ2) is 4.53. The largest absolute Gasteiger partial charge is 0.490 e. The van der Waals surface area contributed by atoms with Gasteiger partial charge >= 0.3 is 0 Å². The van der Waals surface area contributed by atoms with Crippen LogP contribution in [0.3, 0.4) is 0 Å². The van der Waals surface area contributed by atoms with E-state index in [0.717, 1.165) is 18.6 Å². The van der Waals surface area contributed by atoms with Crippen molar-refractivity contribution in [2.75, 3.05) is 6.61 Å². The smallest absolute Gasteiger partial charge is 0.123 e. The van der Waals surface area contributed by atoms with Crippen LogP contribution in [0.2, 0.25) is 0 Å². The molecule has 0 amide bonds. The lowest BCUT2D eigenvalue weighted by atomic mass is 9.84. The van der Waals surface area contributed by atoms with Gasteiger partial charge < -0.3 is 9.84 Å². The Morgan fingerprint density at radius 2 is 2.35 bits per heavy atom. The van der Waals surface area contributed by atoms with E-state index < -0.39 is 0 Å². The van der Waals surface area contributed by atoms with Crippen LogP contribution < -0.4 is 4.74 Å². The van der Waals surface area contributed by atoms with Crippen LogP contribution in [0.1, 0.15) is 24.5 Å². The van der Waals surface area contributed by atoms with Gasteiger partial charge in [0.2, 0.25) is 0 Å². The Balaban J connectivity index is 2.08. The third kappa shape index (κ3) is 2.52. The molecule has 0 spiro atoms. The summed E-state index contributed by atoms with van der Waals surface area (Å²) in [5.41, 5.74) is 2.29. The average Bonchev–Trinajstić information content (AvgIpc) is 2.70. The molecule has 0 saturated heterocycles. The second-order valence-electron chi connectivity index (χ2n) is 5.28. The van der Waals surface area contributed by atoms with Crippen molar-refractivity contribution in [2.45, 2.75) is 32.8 Å². The van der Waals surface area contributed by atoms with Crippen molar-refractivity contribution in [3.8, 4) is 5.75 Å². The van der Waals surface area contributed by atoms with Crippen LogP contribution in [0.15, 0.2) is 30.9 Å². The van der Waals surface area contributed by atoms with Gasteiger partial charge in [-0.3, -0.25) is 0 Å². The van der Waals surface area contributed by atoms with Crippen LogP contribution in [0, 0.1) is 12.3 Å². The van der Waals surface area contributed by atoms with Gasteiger partial charge in [0.25, 0.3) is 0 Å². The highest BCUT2D eigenvalue weighted by Crippen LogP contribution is 2.35. The predicted molar refractivity (Wildman–Crippen MR) is 69.3 cm³/mol. The Bertz CT molecular complexity index is 425. The summed E-state index contributed by atoms with van der Waals surface area (Å²) in [4.78, 5) is 0. The molecular formula is C15H20O2. The van der Waals surface area contributed by atoms with Crippen molar-refractivity contribution in [3.63, 3.8) is 0 Å². The molecule has 2 nitrogen and oxygen atoms in total. The third-order valence-electron chi connectivity index (χ3n) is 3.51. The molecule has 1 N–H and O–H groups in total. The third-order valence-corrected chi connectivity index (χ3v) is 3.51. The molecule has 0 bridgehead atoms. The zero-order chi connectivity index (χ0) is 12.5. The summed E-state index contributed by atoms with van der Waals surface area (Å²) in [6.07, 6.45) is 3.72. The standard InChI is InChI=1S/C15H20O2/c1-4-15(3,10-16)9-13-8-12-7-11(2)5-6-14(12)17-13/h4-7,13,16H,1,8-10H2,2-3H3. The maximum Gasteiger partial charge on any atom is 0.123 e. The van der Waals surface area contributed by atoms with Gasteiger partial charge in [-0.1, -0.05) is 30.7 Å². The molecule has 2 atom stereocenters. The van der Waals surface area contributed by atoms with E-state index in [4.69, 9.17) is 4.74 Å². The first kappa shape index (κ1) is 12.2. The molecule has 0 aromatic heterocycles. The van der Waals surface area contributed by atoms with Gasteiger partial charge in [-0.2, -0.15) is 0 Å². The molecule has 1 aliphatic rings. The van der Waals surface area contributed by atoms with Gasteiger partial charge in [0, 0.05) is 11.8 Å². The fourth-order valence-corrected chi connectivity index (χ4v) is 2.30. The minimum Gasteiger partial charge on any atom is -0.490 e. The highest BCUT2D eigenvalue weighted by atomic mass is 16.5. The van der Waals surface area contributed by atoms with E-state index in [9.17, 15) is 5.11 Å². The summed E-state index contributed by atoms with van der Waals surface area (Å²) in [5, 5.41) is 9.38. The summed E-state index contributed by atoms with van der Waals surface area (Å²) in [5.74, 6) is 0.991. The van der Waals surface area contributed by atoms with E-state index >= 15 is 0 Å². The number of fused-ring (bicyclic) bond motifs is 1. The van der Waals surface area contributed by atoms with Gasteiger partial charge in [-0.15, -0.1) is 6.58 Å². The van der Waals surface area contributed by atoms with Gasteiger partial charge in [0.1, 0.15) is 11.9 Å². The van der Waals surface area contributed by atoms with Crippen LogP contribution >= 0.6 is 0 Å². The van der Waals surface area contributed by atoms with E-state index in [1.54, 1.807) is 0 Å². The number of hydrogen-bond acceptors (Lipinski definition) is 2. The minimum absolute atomic E-state index is 0.117. The van der Waals surface area contributed by atoms with Gasteiger partial charge in [-0.25, -0.2) is 0 Å². The molecule has 1 heterocycles. The van der Waals surface area contributed by atoms with Gasteiger partial charge in [-0.05, 0) is 25.0 Å². The second-order valence-corrected chi connectivity index (χ2v) is 5.28. The number of aryl methyl sites for hydroxylation is 1. The van der Waals surface area contributed by atoms with Crippen molar-refractivity contribution in [1.82, 2.24) is 0 Å². The van der Waals surface area contributed by atoms with Crippen molar-refractivity contribution >= 4 is 0 Å². The molecule has 1 aromatic carbocycles. The summed E-state index contributed by atoms with van der Waals surface area (Å²) < 4.78 is 5.90. The number of ether oxygens (including phenoxy) is 1. The molecule has 1 aromatic rings. The lowest BCUT2D eigenvalue weighted by Gasteiger charge is -2.26. The number of benzene rings is 1. The predicted octanol–water partition coefficient (Wildman–Crippen LogP) is 2.87. The maximum absolute atomic E-state index is 9.38. The quantitative estimate of drug-likeness (QED) is 0.809. The molecule has 17 heavy (non-hydrogen) atoms. The summed E-state index contributed by atoms with van der Waals surface area (Å²) >= 11 is 0. The topological polar surface area (TPSA) is 29.5 Å². The summed E-state index contributed by atoms with van der Waals surface area (Å²) in [7, 11) is 0. The first-order chi connectivity index (χ1) is 8.06. The van der Waals surface area contributed by atoms with Gasteiger partial charge in [0.15, 0.2) is 0 Å². The highest BCUT2D eigenvalue weighted by molar-refractivity contribution is 5.40. The lowest BCUT2D eigenvalue weighted by molar-refractivity contribution is 0.116. The van der Waals surface area contributed by atoms with Crippen LogP contribution in [-0.4, -0.2) is 17.8 Å². The van der Waals surface area contributed by atoms with E-state index in [-0.39, 0.29) is 18.1 Å². The molecular weight excluding hydrogens is 212 g/mol. The van der Waals surface area contributed by atoms with E-state index in [0.29, 0.717) is 0 Å². The minimum atomic E-state index is -0.248. The van der Waals surface area contributed by atoms with Crippen molar-refractivity contribution in [1.29, 1.82) is 0 Å². The lowest BCUT2D eigenvalue weighted by Crippen LogP contribution is -2.27. The monoisotopic (exact) mass is 232 g/mol. The average molecular weight is 232 g/mol. The van der Waals surface area contributed by atoms with Crippen LogP contribution in [0.4, 0.5) is 0 Å². The molecule has 2 heteroatoms. The normalized spacial score (nSPS) is 21.5. The molecule has 1 aliphatic heterocycles. The van der Waals surface area contributed by atoms with Crippen LogP contribution in [0.5, 0.6) is 5.75 Å². The van der Waals surface area contributed by atoms with Gasteiger partial charge in [0.05, 0.1) is 6.61 Å². The fourth-order valence-electron chi connectivity index (χ4n) is 2.30. The molecule has 0 radical (unpaired) electrons. The van der Waals surface area contributed by atoms with E-state index in [2.05, 4.69) is 25.6 Å². The first-order valence-electron chi connectivity index (χ1n) is 6.07. The molecule has 92 valence electrons. The zero-order valence-electron chi connectivity index (χ0n) is 10.6. The van der Waals surface area contributed by atoms with Crippen molar-refractivity contribution in [2.24, 2.45) is 5.41 Å². The molecule has 0 saturated carbocycles. The highest BCUT2D eigenvalue weighted by Gasteiger charge is 2.30. The Labute approximate surface area is 103 Å². The van der Waals surface area contributed by atoms with E-state index in [1.807, 2.05) is 19.1 Å². The number of aliphatic hydroxyl groups excluding tert-OH is 1. The molecule has 0 fully saturated rings. The van der Waals surface area contributed by atoms with Crippen LogP contribution in [-0.2, 0) is 6.42 Å². The molecule has 2 rings (SSSR count). The Kier molecular flexibility index (Phi) is 3.25. The molecule has 0 aliphatic carbocycles. The summed E-state index contributed by atoms with van der Waals surface area (Å²) in [6, 6.07) is 6.29. The van der Waals surface area contributed by atoms with Crippen LogP contribution in [0.25, 0.3) is 0 Å². The van der Waals surface area contributed by atoms with E-state index in [1.165, 1.54) is 11.1 Å². The first-order valence-corrected chi connectivity index (χ1v) is 6.07. The number of rotatable bonds is 4. The Morgan fingerprint density at radius 1 is 1.59 bits per heavy atom. The van der Waals surface area contributed by atoms with Crippen molar-refractivity contribution in [3.05, 3.63) is 42.0 Å². The molecule has 2 unspecified atom stereocenters. The SMILES string of the molecule is C=CC(C)(CO)CC1Cc2cc(C)ccc2O1. The van der Waals surface area contributed by atoms with Crippen molar-refractivity contribution < 1.29 is 9.84 Å². The Morgan fingerprint density at radius 3 is 3.00 bits per heavy atom. The fraction of sp³-hybridized carbons (Fsp3) is 0.467.